The predicted octanol–water partition coefficient (Wildman–Crippen LogP) is 6.10. The molecule has 20 heavy (non-hydrogen) atoms. The highest BCUT2D eigenvalue weighted by Gasteiger charge is 2.48. The molecule has 3 aliphatic rings. The van der Waals surface area contributed by atoms with E-state index in [0.29, 0.717) is 5.41 Å². The van der Waals surface area contributed by atoms with Crippen LogP contribution >= 0.6 is 0 Å². The molecule has 110 valence electrons. The van der Waals surface area contributed by atoms with Gasteiger partial charge in [0.2, 0.25) is 0 Å². The van der Waals surface area contributed by atoms with Crippen molar-refractivity contribution in [3.63, 3.8) is 0 Å². The van der Waals surface area contributed by atoms with Crippen LogP contribution in [-0.4, -0.2) is 0 Å². The van der Waals surface area contributed by atoms with Crippen LogP contribution in [0.25, 0.3) is 0 Å². The first-order valence-corrected chi connectivity index (χ1v) is 8.70. The molecule has 4 rings (SSSR count). The van der Waals surface area contributed by atoms with E-state index in [2.05, 4.69) is 44.2 Å². The molecule has 0 N–H and O–H groups in total. The van der Waals surface area contributed by atoms with E-state index in [1.54, 1.807) is 5.56 Å². The molecule has 0 heteroatoms. The van der Waals surface area contributed by atoms with Gasteiger partial charge in [-0.25, -0.2) is 0 Å². The van der Waals surface area contributed by atoms with Gasteiger partial charge in [-0.2, -0.15) is 0 Å². The molecule has 0 radical (unpaired) electrons. The summed E-state index contributed by atoms with van der Waals surface area (Å²) in [6.45, 7) is 4.72. The molecule has 0 unspecified atom stereocenters. The lowest BCUT2D eigenvalue weighted by Crippen LogP contribution is -2.44. The van der Waals surface area contributed by atoms with Crippen molar-refractivity contribution in [1.29, 1.82) is 0 Å². The highest BCUT2D eigenvalue weighted by Crippen LogP contribution is 2.59. The van der Waals surface area contributed by atoms with Crippen molar-refractivity contribution >= 4 is 0 Å². The summed E-state index contributed by atoms with van der Waals surface area (Å²) in [6.07, 6.45) is 13.2. The maximum absolute atomic E-state index is 2.37. The monoisotopic (exact) mass is 270 g/mol. The molecule has 0 heterocycles. The van der Waals surface area contributed by atoms with Gasteiger partial charge in [0.05, 0.1) is 0 Å². The summed E-state index contributed by atoms with van der Waals surface area (Å²) in [6, 6.07) is 11.3. The van der Waals surface area contributed by atoms with Crippen molar-refractivity contribution in [3.8, 4) is 0 Å². The molecule has 0 spiro atoms. The van der Waals surface area contributed by atoms with E-state index in [4.69, 9.17) is 0 Å². The second-order valence-electron chi connectivity index (χ2n) is 7.93. The van der Waals surface area contributed by atoms with Gasteiger partial charge in [-0.3, -0.25) is 0 Å². The third-order valence-electron chi connectivity index (χ3n) is 6.28. The molecule has 0 saturated heterocycles. The van der Waals surface area contributed by atoms with Gasteiger partial charge in [0.25, 0.3) is 0 Å². The van der Waals surface area contributed by atoms with E-state index < -0.39 is 0 Å². The highest BCUT2D eigenvalue weighted by atomic mass is 14.5. The lowest BCUT2D eigenvalue weighted by Gasteiger charge is -2.54. The Bertz CT molecular complexity index is 404. The number of benzene rings is 1. The molecule has 3 aliphatic carbocycles. The molecular weight excluding hydrogens is 240 g/mol. The van der Waals surface area contributed by atoms with E-state index in [1.807, 2.05) is 0 Å². The SMILES string of the molecule is CC(C)CCCC12CCC(c3ccccc3)(CC1)CC2. The van der Waals surface area contributed by atoms with Crippen LogP contribution < -0.4 is 0 Å². The lowest BCUT2D eigenvalue weighted by molar-refractivity contribution is 0.0299. The molecule has 0 atom stereocenters. The Morgan fingerprint density at radius 2 is 1.50 bits per heavy atom. The van der Waals surface area contributed by atoms with Crippen LogP contribution in [0, 0.1) is 11.3 Å². The zero-order chi connectivity index (χ0) is 14.1. The van der Waals surface area contributed by atoms with E-state index in [1.165, 1.54) is 57.8 Å². The molecular formula is C20H30. The first kappa shape index (κ1) is 14.2. The van der Waals surface area contributed by atoms with Crippen LogP contribution in [0.1, 0.15) is 77.2 Å². The minimum Gasteiger partial charge on any atom is -0.0628 e. The third-order valence-corrected chi connectivity index (χ3v) is 6.28. The Kier molecular flexibility index (Phi) is 3.93. The summed E-state index contributed by atoms with van der Waals surface area (Å²) in [5, 5.41) is 0. The molecule has 0 aliphatic heterocycles. The summed E-state index contributed by atoms with van der Waals surface area (Å²) in [5.41, 5.74) is 2.89. The molecule has 3 fully saturated rings. The van der Waals surface area contributed by atoms with E-state index >= 15 is 0 Å². The van der Waals surface area contributed by atoms with Crippen LogP contribution in [0.2, 0.25) is 0 Å². The minimum absolute atomic E-state index is 0.543. The maximum atomic E-state index is 2.37. The molecule has 1 aromatic rings. The number of fused-ring (bicyclic) bond motifs is 3. The topological polar surface area (TPSA) is 0 Å². The fraction of sp³-hybridized carbons (Fsp3) is 0.700. The molecule has 0 aromatic heterocycles. The van der Waals surface area contributed by atoms with Gasteiger partial charge in [0, 0.05) is 0 Å². The van der Waals surface area contributed by atoms with E-state index in [9.17, 15) is 0 Å². The first-order chi connectivity index (χ1) is 9.64. The highest BCUT2D eigenvalue weighted by molar-refractivity contribution is 5.28. The van der Waals surface area contributed by atoms with Crippen molar-refractivity contribution in [2.75, 3.05) is 0 Å². The Morgan fingerprint density at radius 1 is 0.900 bits per heavy atom. The van der Waals surface area contributed by atoms with Crippen molar-refractivity contribution in [3.05, 3.63) is 35.9 Å². The normalized spacial score (nSPS) is 32.8. The Balaban J connectivity index is 1.63. The second kappa shape index (κ2) is 5.54. The van der Waals surface area contributed by atoms with Crippen LogP contribution in [0.3, 0.4) is 0 Å². The van der Waals surface area contributed by atoms with E-state index in [0.717, 1.165) is 11.3 Å². The number of hydrogen-bond donors (Lipinski definition) is 0. The van der Waals surface area contributed by atoms with Crippen LogP contribution in [0.5, 0.6) is 0 Å². The lowest BCUT2D eigenvalue weighted by atomic mass is 9.51. The maximum Gasteiger partial charge on any atom is -0.00464 e. The predicted molar refractivity (Wildman–Crippen MR) is 86.9 cm³/mol. The van der Waals surface area contributed by atoms with Gasteiger partial charge in [-0.15, -0.1) is 0 Å². The summed E-state index contributed by atoms with van der Waals surface area (Å²) in [7, 11) is 0. The van der Waals surface area contributed by atoms with Crippen molar-refractivity contribution in [2.24, 2.45) is 11.3 Å². The van der Waals surface area contributed by atoms with Gasteiger partial charge < -0.3 is 0 Å². The smallest absolute Gasteiger partial charge is 0.00464 e. The average Bonchev–Trinajstić information content (AvgIpc) is 2.49. The third kappa shape index (κ3) is 2.67. The fourth-order valence-electron chi connectivity index (χ4n) is 4.75. The van der Waals surface area contributed by atoms with Crippen molar-refractivity contribution in [2.45, 2.75) is 77.0 Å². The van der Waals surface area contributed by atoms with Crippen molar-refractivity contribution in [1.82, 2.24) is 0 Å². The number of rotatable bonds is 5. The first-order valence-electron chi connectivity index (χ1n) is 8.70. The van der Waals surface area contributed by atoms with Gasteiger partial charge in [0.1, 0.15) is 0 Å². The summed E-state index contributed by atoms with van der Waals surface area (Å²) in [4.78, 5) is 0. The number of hydrogen-bond acceptors (Lipinski definition) is 0. The van der Waals surface area contributed by atoms with Crippen LogP contribution in [0.15, 0.2) is 30.3 Å². The summed E-state index contributed by atoms with van der Waals surface area (Å²) < 4.78 is 0. The fourth-order valence-corrected chi connectivity index (χ4v) is 4.75. The van der Waals surface area contributed by atoms with E-state index in [-0.39, 0.29) is 0 Å². The minimum atomic E-state index is 0.543. The van der Waals surface area contributed by atoms with Gasteiger partial charge in [-0.1, -0.05) is 57.0 Å². The quantitative estimate of drug-likeness (QED) is 0.606. The Morgan fingerprint density at radius 3 is 2.05 bits per heavy atom. The largest absolute Gasteiger partial charge is 0.0628 e. The molecule has 1 aromatic carbocycles. The van der Waals surface area contributed by atoms with Gasteiger partial charge in [-0.05, 0) is 67.3 Å². The Hall–Kier alpha value is -0.780. The molecule has 2 bridgehead atoms. The average molecular weight is 270 g/mol. The van der Waals surface area contributed by atoms with Gasteiger partial charge in [0.15, 0.2) is 0 Å². The Labute approximate surface area is 125 Å². The molecule has 0 nitrogen and oxygen atoms in total. The van der Waals surface area contributed by atoms with Crippen LogP contribution in [-0.2, 0) is 5.41 Å². The zero-order valence-electron chi connectivity index (χ0n) is 13.3. The standard InChI is InChI=1S/C20H30/c1-17(2)7-6-10-19-11-14-20(15-12-19,16-13-19)18-8-4-3-5-9-18/h3-5,8-9,17H,6-7,10-16H2,1-2H3. The zero-order valence-corrected chi connectivity index (χ0v) is 13.3. The van der Waals surface area contributed by atoms with Crippen LogP contribution in [0.4, 0.5) is 0 Å². The van der Waals surface area contributed by atoms with Crippen molar-refractivity contribution < 1.29 is 0 Å². The summed E-state index contributed by atoms with van der Waals surface area (Å²) in [5.74, 6) is 0.877. The van der Waals surface area contributed by atoms with Gasteiger partial charge >= 0.3 is 0 Å². The second-order valence-corrected chi connectivity index (χ2v) is 7.93. The summed E-state index contributed by atoms with van der Waals surface area (Å²) >= 11 is 0. The molecule has 3 saturated carbocycles. The molecule has 0 amide bonds.